The number of amides is 3. The lowest BCUT2D eigenvalue weighted by Crippen LogP contribution is -2.41. The Hall–Kier alpha value is -2.15. The molecule has 21 heavy (non-hydrogen) atoms. The lowest BCUT2D eigenvalue weighted by Gasteiger charge is -2.18. The van der Waals surface area contributed by atoms with Crippen molar-refractivity contribution in [2.75, 3.05) is 13.1 Å². The fourth-order valence-corrected chi connectivity index (χ4v) is 2.00. The van der Waals surface area contributed by atoms with Crippen molar-refractivity contribution in [2.24, 2.45) is 0 Å². The lowest BCUT2D eigenvalue weighted by molar-refractivity contribution is -0.136. The second-order valence-corrected chi connectivity index (χ2v) is 4.83. The third kappa shape index (κ3) is 3.30. The molecule has 8 heteroatoms. The summed E-state index contributed by atoms with van der Waals surface area (Å²) in [5.41, 5.74) is -0.368. The summed E-state index contributed by atoms with van der Waals surface area (Å²) in [6, 6.07) is 2.88. The molecule has 112 valence electrons. The minimum absolute atomic E-state index is 0.168. The molecule has 1 N–H and O–H groups in total. The smallest absolute Gasteiger partial charge is 0.341 e. The van der Waals surface area contributed by atoms with Gasteiger partial charge in [-0.15, -0.1) is 0 Å². The monoisotopic (exact) mass is 314 g/mol. The molecule has 0 radical (unpaired) electrons. The number of hydrogen-bond donors (Lipinski definition) is 1. The highest BCUT2D eigenvalue weighted by atomic mass is 35.5. The summed E-state index contributed by atoms with van der Waals surface area (Å²) in [6.45, 7) is 1.85. The van der Waals surface area contributed by atoms with Crippen LogP contribution in [0.15, 0.2) is 18.2 Å². The maximum absolute atomic E-state index is 13.5. The van der Waals surface area contributed by atoms with E-state index in [2.05, 4.69) is 5.32 Å². The van der Waals surface area contributed by atoms with Crippen LogP contribution in [0.1, 0.15) is 17.3 Å². The van der Waals surface area contributed by atoms with Crippen molar-refractivity contribution in [1.82, 2.24) is 10.2 Å². The van der Waals surface area contributed by atoms with E-state index in [0.717, 1.165) is 17.0 Å². The largest absolute Gasteiger partial charge is 0.449 e. The molecule has 1 aromatic carbocycles. The first-order valence-electron chi connectivity index (χ1n) is 6.15. The highest BCUT2D eigenvalue weighted by Gasteiger charge is 2.32. The normalized spacial score (nSPS) is 15.6. The second kappa shape index (κ2) is 6.09. The predicted molar refractivity (Wildman–Crippen MR) is 71.4 cm³/mol. The summed E-state index contributed by atoms with van der Waals surface area (Å²) in [4.78, 5) is 36.1. The van der Waals surface area contributed by atoms with Crippen molar-refractivity contribution in [2.45, 2.75) is 13.0 Å². The van der Waals surface area contributed by atoms with Gasteiger partial charge in [0.15, 0.2) is 6.10 Å². The van der Waals surface area contributed by atoms with Crippen molar-refractivity contribution in [3.8, 4) is 0 Å². The number of esters is 1. The number of nitrogens with one attached hydrogen (secondary N) is 1. The third-order valence-corrected chi connectivity index (χ3v) is 3.14. The van der Waals surface area contributed by atoms with Crippen molar-refractivity contribution in [3.63, 3.8) is 0 Å². The summed E-state index contributed by atoms with van der Waals surface area (Å²) in [5.74, 6) is -2.49. The molecule has 1 aromatic rings. The Morgan fingerprint density at radius 2 is 2.19 bits per heavy atom. The van der Waals surface area contributed by atoms with Crippen LogP contribution < -0.4 is 5.32 Å². The fraction of sp³-hybridized carbons (Fsp3) is 0.308. The number of imide groups is 1. The van der Waals surface area contributed by atoms with Crippen LogP contribution in [-0.4, -0.2) is 42.0 Å². The SMILES string of the molecule is C[C@H](OC(=O)c1cc(Cl)ccc1F)C(=O)N1CCNC1=O. The Bertz CT molecular complexity index is 608. The summed E-state index contributed by atoms with van der Waals surface area (Å²) in [7, 11) is 0. The van der Waals surface area contributed by atoms with E-state index in [9.17, 15) is 18.8 Å². The summed E-state index contributed by atoms with van der Waals surface area (Å²) < 4.78 is 18.4. The van der Waals surface area contributed by atoms with Crippen molar-refractivity contribution in [1.29, 1.82) is 0 Å². The van der Waals surface area contributed by atoms with Gasteiger partial charge in [-0.2, -0.15) is 0 Å². The molecule has 0 spiro atoms. The van der Waals surface area contributed by atoms with Crippen LogP contribution in [0.4, 0.5) is 9.18 Å². The number of carbonyl (C=O) groups is 3. The standard InChI is InChI=1S/C13H12ClFN2O4/c1-7(11(18)17-5-4-16-13(17)20)21-12(19)9-6-8(14)2-3-10(9)15/h2-3,6-7H,4-5H2,1H3,(H,16,20)/t7-/m0/s1. The number of rotatable bonds is 3. The van der Waals surface area contributed by atoms with Crippen LogP contribution >= 0.6 is 11.6 Å². The zero-order valence-electron chi connectivity index (χ0n) is 11.1. The Balaban J connectivity index is 2.06. The summed E-state index contributed by atoms with van der Waals surface area (Å²) in [5, 5.41) is 2.62. The van der Waals surface area contributed by atoms with Crippen LogP contribution in [0.2, 0.25) is 5.02 Å². The van der Waals surface area contributed by atoms with E-state index in [1.165, 1.54) is 13.0 Å². The second-order valence-electron chi connectivity index (χ2n) is 4.39. The molecule has 6 nitrogen and oxygen atoms in total. The summed E-state index contributed by atoms with van der Waals surface area (Å²) >= 11 is 5.68. The first-order chi connectivity index (χ1) is 9.90. The minimum atomic E-state index is -1.21. The van der Waals surface area contributed by atoms with Gasteiger partial charge in [-0.1, -0.05) is 11.6 Å². The van der Waals surface area contributed by atoms with Gasteiger partial charge < -0.3 is 10.1 Å². The molecule has 2 rings (SSSR count). The number of benzene rings is 1. The first-order valence-corrected chi connectivity index (χ1v) is 6.53. The number of nitrogens with zero attached hydrogens (tertiary/aromatic N) is 1. The van der Waals surface area contributed by atoms with Gasteiger partial charge in [0.2, 0.25) is 0 Å². The van der Waals surface area contributed by atoms with E-state index < -0.39 is 29.8 Å². The molecule has 0 aliphatic carbocycles. The Morgan fingerprint density at radius 3 is 2.81 bits per heavy atom. The van der Waals surface area contributed by atoms with Crippen LogP contribution in [-0.2, 0) is 9.53 Å². The number of hydrogen-bond acceptors (Lipinski definition) is 4. The van der Waals surface area contributed by atoms with E-state index in [0.29, 0.717) is 6.54 Å². The van der Waals surface area contributed by atoms with E-state index in [4.69, 9.17) is 16.3 Å². The van der Waals surface area contributed by atoms with Crippen LogP contribution in [0, 0.1) is 5.82 Å². The molecule has 1 aliphatic rings. The van der Waals surface area contributed by atoms with E-state index in [1.807, 2.05) is 0 Å². The van der Waals surface area contributed by atoms with E-state index >= 15 is 0 Å². The molecule has 0 bridgehead atoms. The molecular formula is C13H12ClFN2O4. The zero-order chi connectivity index (χ0) is 15.6. The van der Waals surface area contributed by atoms with Crippen molar-refractivity contribution >= 4 is 29.5 Å². The molecule has 0 unspecified atom stereocenters. The fourth-order valence-electron chi connectivity index (χ4n) is 1.83. The van der Waals surface area contributed by atoms with Gasteiger partial charge >= 0.3 is 12.0 Å². The van der Waals surface area contributed by atoms with Gasteiger partial charge in [-0.3, -0.25) is 9.69 Å². The molecule has 1 fully saturated rings. The highest BCUT2D eigenvalue weighted by Crippen LogP contribution is 2.17. The molecule has 1 atom stereocenters. The average Bonchev–Trinajstić information content (AvgIpc) is 2.86. The van der Waals surface area contributed by atoms with Gasteiger partial charge in [-0.25, -0.2) is 14.0 Å². The Kier molecular flexibility index (Phi) is 4.42. The van der Waals surface area contributed by atoms with Crippen molar-refractivity contribution < 1.29 is 23.5 Å². The molecule has 1 saturated heterocycles. The molecule has 1 heterocycles. The predicted octanol–water partition coefficient (Wildman–Crippen LogP) is 1.58. The maximum atomic E-state index is 13.5. The number of halogens is 2. The third-order valence-electron chi connectivity index (χ3n) is 2.90. The van der Waals surface area contributed by atoms with E-state index in [1.54, 1.807) is 0 Å². The molecule has 0 aromatic heterocycles. The molecular weight excluding hydrogens is 303 g/mol. The Morgan fingerprint density at radius 1 is 1.48 bits per heavy atom. The minimum Gasteiger partial charge on any atom is -0.449 e. The van der Waals surface area contributed by atoms with Crippen molar-refractivity contribution in [3.05, 3.63) is 34.6 Å². The number of urea groups is 1. The number of ether oxygens (including phenoxy) is 1. The van der Waals surface area contributed by atoms with Crippen LogP contribution in [0.5, 0.6) is 0 Å². The molecule has 1 aliphatic heterocycles. The quantitative estimate of drug-likeness (QED) is 0.859. The number of carbonyl (C=O) groups excluding carboxylic acids is 3. The first kappa shape index (κ1) is 15.2. The van der Waals surface area contributed by atoms with E-state index in [-0.39, 0.29) is 17.1 Å². The highest BCUT2D eigenvalue weighted by molar-refractivity contribution is 6.30. The zero-order valence-corrected chi connectivity index (χ0v) is 11.8. The van der Waals surface area contributed by atoms with Gasteiger partial charge in [0.05, 0.1) is 5.56 Å². The molecule has 0 saturated carbocycles. The van der Waals surface area contributed by atoms with Crippen LogP contribution in [0.3, 0.4) is 0 Å². The lowest BCUT2D eigenvalue weighted by atomic mass is 10.2. The maximum Gasteiger partial charge on any atom is 0.341 e. The molecule has 3 amide bonds. The summed E-state index contributed by atoms with van der Waals surface area (Å²) in [6.07, 6.45) is -1.21. The van der Waals surface area contributed by atoms with Gasteiger partial charge in [0.25, 0.3) is 5.91 Å². The van der Waals surface area contributed by atoms with Gasteiger partial charge in [0, 0.05) is 18.1 Å². The average molecular weight is 315 g/mol. The van der Waals surface area contributed by atoms with Gasteiger partial charge in [0.1, 0.15) is 5.82 Å². The van der Waals surface area contributed by atoms with Gasteiger partial charge in [-0.05, 0) is 25.1 Å². The Labute approximate surface area is 124 Å². The van der Waals surface area contributed by atoms with Crippen LogP contribution in [0.25, 0.3) is 0 Å². The topological polar surface area (TPSA) is 75.7 Å².